The van der Waals surface area contributed by atoms with Crippen LogP contribution >= 0.6 is 11.5 Å². The Balaban J connectivity index is 1.46. The number of anilines is 1. The minimum absolute atomic E-state index is 0.137. The van der Waals surface area contributed by atoms with Crippen molar-refractivity contribution in [3.8, 4) is 11.4 Å². The molecule has 5 heteroatoms. The highest BCUT2D eigenvalue weighted by Gasteiger charge is 2.43. The van der Waals surface area contributed by atoms with Crippen LogP contribution in [-0.2, 0) is 4.79 Å². The van der Waals surface area contributed by atoms with Crippen molar-refractivity contribution < 1.29 is 4.79 Å². The van der Waals surface area contributed by atoms with Gasteiger partial charge in [-0.15, -0.1) is 0 Å². The summed E-state index contributed by atoms with van der Waals surface area (Å²) in [6.45, 7) is 0. The molecular weight excluding hydrogens is 282 g/mol. The molecule has 4 rings (SSSR count). The summed E-state index contributed by atoms with van der Waals surface area (Å²) in [4.78, 5) is 16.8. The van der Waals surface area contributed by atoms with Gasteiger partial charge in [0.15, 0.2) is 5.82 Å². The first-order chi connectivity index (χ1) is 10.3. The average molecular weight is 299 g/mol. The molecule has 0 unspecified atom stereocenters. The third kappa shape index (κ3) is 2.46. The largest absolute Gasteiger partial charge is 0.300 e. The van der Waals surface area contributed by atoms with E-state index in [1.54, 1.807) is 0 Å². The standard InChI is InChI=1S/C16H17N3OS/c20-15(13-9-10-6-7-12(13)8-10)18-16-17-14(19-21-16)11-4-2-1-3-5-11/h1-5,10,12-13H,6-9H2,(H,17,18,19,20)/t10-,12-,13+/m0/s1. The zero-order chi connectivity index (χ0) is 14.2. The second kappa shape index (κ2) is 5.22. The van der Waals surface area contributed by atoms with Gasteiger partial charge in [-0.2, -0.15) is 9.36 Å². The summed E-state index contributed by atoms with van der Waals surface area (Å²) in [7, 11) is 0. The summed E-state index contributed by atoms with van der Waals surface area (Å²) in [5.74, 6) is 2.38. The summed E-state index contributed by atoms with van der Waals surface area (Å²) in [6, 6.07) is 9.84. The van der Waals surface area contributed by atoms with Gasteiger partial charge < -0.3 is 5.32 Å². The minimum Gasteiger partial charge on any atom is -0.300 e. The van der Waals surface area contributed by atoms with E-state index in [0.717, 1.165) is 17.9 Å². The fourth-order valence-electron chi connectivity index (χ4n) is 3.74. The lowest BCUT2D eigenvalue weighted by Gasteiger charge is -2.19. The highest BCUT2D eigenvalue weighted by Crippen LogP contribution is 2.48. The monoisotopic (exact) mass is 299 g/mol. The van der Waals surface area contributed by atoms with E-state index in [-0.39, 0.29) is 11.8 Å². The number of rotatable bonds is 3. The second-order valence-electron chi connectivity index (χ2n) is 6.06. The van der Waals surface area contributed by atoms with E-state index >= 15 is 0 Å². The van der Waals surface area contributed by atoms with E-state index in [0.29, 0.717) is 16.9 Å². The van der Waals surface area contributed by atoms with Gasteiger partial charge in [0.25, 0.3) is 0 Å². The van der Waals surface area contributed by atoms with Crippen LogP contribution < -0.4 is 5.32 Å². The topological polar surface area (TPSA) is 54.9 Å². The molecule has 0 saturated heterocycles. The predicted octanol–water partition coefficient (Wildman–Crippen LogP) is 3.58. The molecule has 1 N–H and O–H groups in total. The lowest BCUT2D eigenvalue weighted by molar-refractivity contribution is -0.121. The molecule has 2 bridgehead atoms. The third-order valence-electron chi connectivity index (χ3n) is 4.76. The molecule has 0 aliphatic heterocycles. The van der Waals surface area contributed by atoms with Gasteiger partial charge in [-0.05, 0) is 31.1 Å². The molecule has 3 atom stereocenters. The molecular formula is C16H17N3OS. The van der Waals surface area contributed by atoms with Crippen LogP contribution in [0.5, 0.6) is 0 Å². The number of fused-ring (bicyclic) bond motifs is 2. The Kier molecular flexibility index (Phi) is 3.22. The van der Waals surface area contributed by atoms with Crippen LogP contribution in [0.25, 0.3) is 11.4 Å². The second-order valence-corrected chi connectivity index (χ2v) is 6.81. The molecule has 1 aromatic carbocycles. The molecule has 2 aromatic rings. The van der Waals surface area contributed by atoms with Crippen molar-refractivity contribution in [3.63, 3.8) is 0 Å². The Morgan fingerprint density at radius 3 is 2.76 bits per heavy atom. The summed E-state index contributed by atoms with van der Waals surface area (Å²) < 4.78 is 4.33. The number of amides is 1. The molecule has 2 aliphatic rings. The summed E-state index contributed by atoms with van der Waals surface area (Å²) in [5, 5.41) is 3.58. The molecule has 1 aromatic heterocycles. The van der Waals surface area contributed by atoms with Crippen molar-refractivity contribution in [3.05, 3.63) is 30.3 Å². The molecule has 2 saturated carbocycles. The lowest BCUT2D eigenvalue weighted by atomic mass is 9.88. The molecule has 1 amide bonds. The SMILES string of the molecule is O=C(Nc1nc(-c2ccccc2)ns1)[C@@H]1C[C@H]2CC[C@H]1C2. The smallest absolute Gasteiger partial charge is 0.229 e. The fourth-order valence-corrected chi connectivity index (χ4v) is 4.34. The number of carbonyl (C=O) groups excluding carboxylic acids is 1. The third-order valence-corrected chi connectivity index (χ3v) is 5.39. The molecule has 21 heavy (non-hydrogen) atoms. The van der Waals surface area contributed by atoms with E-state index in [9.17, 15) is 4.79 Å². The van der Waals surface area contributed by atoms with Crippen LogP contribution in [0.15, 0.2) is 30.3 Å². The van der Waals surface area contributed by atoms with Gasteiger partial charge in [-0.25, -0.2) is 0 Å². The average Bonchev–Trinajstić information content (AvgIpc) is 3.24. The maximum Gasteiger partial charge on any atom is 0.229 e. The molecule has 0 radical (unpaired) electrons. The van der Waals surface area contributed by atoms with Crippen LogP contribution in [0.1, 0.15) is 25.7 Å². The van der Waals surface area contributed by atoms with Crippen molar-refractivity contribution in [2.45, 2.75) is 25.7 Å². The van der Waals surface area contributed by atoms with Crippen molar-refractivity contribution in [1.29, 1.82) is 0 Å². The highest BCUT2D eigenvalue weighted by molar-refractivity contribution is 7.10. The minimum atomic E-state index is 0.137. The Bertz CT molecular complexity index is 655. The molecule has 4 nitrogen and oxygen atoms in total. The number of carbonyl (C=O) groups is 1. The maximum atomic E-state index is 12.4. The molecule has 1 heterocycles. The lowest BCUT2D eigenvalue weighted by Crippen LogP contribution is -2.27. The number of aromatic nitrogens is 2. The number of nitrogens with one attached hydrogen (secondary N) is 1. The Hall–Kier alpha value is -1.75. The van der Waals surface area contributed by atoms with Crippen molar-refractivity contribution in [1.82, 2.24) is 9.36 Å². The van der Waals surface area contributed by atoms with Crippen LogP contribution in [-0.4, -0.2) is 15.3 Å². The van der Waals surface area contributed by atoms with Crippen molar-refractivity contribution >= 4 is 22.6 Å². The van der Waals surface area contributed by atoms with Crippen LogP contribution in [0, 0.1) is 17.8 Å². The maximum absolute atomic E-state index is 12.4. The zero-order valence-corrected chi connectivity index (χ0v) is 12.5. The van der Waals surface area contributed by atoms with Crippen LogP contribution in [0.2, 0.25) is 0 Å². The number of hydrogen-bond donors (Lipinski definition) is 1. The van der Waals surface area contributed by atoms with Crippen LogP contribution in [0.3, 0.4) is 0 Å². The Morgan fingerprint density at radius 2 is 2.05 bits per heavy atom. The van der Waals surface area contributed by atoms with Gasteiger partial charge in [0.1, 0.15) is 0 Å². The molecule has 2 aliphatic carbocycles. The van der Waals surface area contributed by atoms with E-state index in [1.165, 1.54) is 30.8 Å². The van der Waals surface area contributed by atoms with Gasteiger partial charge in [-0.1, -0.05) is 36.8 Å². The van der Waals surface area contributed by atoms with Gasteiger partial charge in [0.2, 0.25) is 11.0 Å². The van der Waals surface area contributed by atoms with E-state index in [1.807, 2.05) is 30.3 Å². The van der Waals surface area contributed by atoms with Crippen LogP contribution in [0.4, 0.5) is 5.13 Å². The number of nitrogens with zero attached hydrogens (tertiary/aromatic N) is 2. The van der Waals surface area contributed by atoms with Crippen molar-refractivity contribution in [2.75, 3.05) is 5.32 Å². The first-order valence-electron chi connectivity index (χ1n) is 7.49. The highest BCUT2D eigenvalue weighted by atomic mass is 32.1. The molecule has 0 spiro atoms. The fraction of sp³-hybridized carbons (Fsp3) is 0.438. The molecule has 108 valence electrons. The van der Waals surface area contributed by atoms with Gasteiger partial charge in [0.05, 0.1) is 0 Å². The van der Waals surface area contributed by atoms with E-state index in [2.05, 4.69) is 14.7 Å². The van der Waals surface area contributed by atoms with E-state index in [4.69, 9.17) is 0 Å². The summed E-state index contributed by atoms with van der Waals surface area (Å²) in [5.41, 5.74) is 0.981. The summed E-state index contributed by atoms with van der Waals surface area (Å²) in [6.07, 6.45) is 4.82. The first kappa shape index (κ1) is 13.0. The number of benzene rings is 1. The molecule has 2 fully saturated rings. The predicted molar refractivity (Wildman–Crippen MR) is 82.9 cm³/mol. The van der Waals surface area contributed by atoms with Gasteiger partial charge >= 0.3 is 0 Å². The Morgan fingerprint density at radius 1 is 1.19 bits per heavy atom. The zero-order valence-electron chi connectivity index (χ0n) is 11.7. The van der Waals surface area contributed by atoms with Crippen molar-refractivity contribution in [2.24, 2.45) is 17.8 Å². The summed E-state index contributed by atoms with van der Waals surface area (Å²) >= 11 is 1.26. The van der Waals surface area contributed by atoms with Gasteiger partial charge in [0, 0.05) is 23.0 Å². The quantitative estimate of drug-likeness (QED) is 0.942. The normalized spacial score (nSPS) is 27.0. The first-order valence-corrected chi connectivity index (χ1v) is 8.27. The number of hydrogen-bond acceptors (Lipinski definition) is 4. The Labute approximate surface area is 127 Å². The van der Waals surface area contributed by atoms with Gasteiger partial charge in [-0.3, -0.25) is 4.79 Å². The van der Waals surface area contributed by atoms with E-state index < -0.39 is 0 Å².